The number of alkyl halides is 6. The number of benzene rings is 2. The topological polar surface area (TPSA) is 69.6 Å². The molecule has 2 aromatic carbocycles. The monoisotopic (exact) mass is 532 g/mol. The van der Waals surface area contributed by atoms with Crippen LogP contribution in [0, 0.1) is 0 Å². The Kier molecular flexibility index (Phi) is 8.27. The second-order valence-corrected chi connectivity index (χ2v) is 9.24. The number of aliphatic carboxylic acids is 1. The summed E-state index contributed by atoms with van der Waals surface area (Å²) in [6, 6.07) is 8.08. The van der Waals surface area contributed by atoms with E-state index in [2.05, 4.69) is 5.32 Å². The number of carboxylic acid groups (broad SMARTS) is 1. The van der Waals surface area contributed by atoms with Gasteiger partial charge in [-0.05, 0) is 48.7 Å². The maximum atomic E-state index is 13.9. The average Bonchev–Trinajstić information content (AvgIpc) is 2.77. The van der Waals surface area contributed by atoms with Gasteiger partial charge >= 0.3 is 18.3 Å². The highest BCUT2D eigenvalue weighted by molar-refractivity contribution is 7.99. The molecule has 1 heterocycles. The number of carboxylic acids is 1. The summed E-state index contributed by atoms with van der Waals surface area (Å²) in [4.78, 5) is 23.5. The number of hydrogen-bond acceptors (Lipinski definition) is 4. The van der Waals surface area contributed by atoms with Crippen molar-refractivity contribution in [3.63, 3.8) is 0 Å². The molecule has 12 heteroatoms. The summed E-state index contributed by atoms with van der Waals surface area (Å²) in [5.74, 6) is -1.61. The molecule has 1 saturated heterocycles. The van der Waals surface area contributed by atoms with Crippen LogP contribution in [0.5, 0.6) is 0 Å². The summed E-state index contributed by atoms with van der Waals surface area (Å²) in [5, 5.41) is 12.0. The Labute approximate surface area is 207 Å². The molecular weight excluding hydrogens is 510 g/mol. The van der Waals surface area contributed by atoms with Crippen molar-refractivity contribution in [2.75, 3.05) is 18.4 Å². The van der Waals surface area contributed by atoms with E-state index in [4.69, 9.17) is 5.11 Å². The molecule has 0 atom stereocenters. The van der Waals surface area contributed by atoms with Gasteiger partial charge in [0.15, 0.2) is 0 Å². The van der Waals surface area contributed by atoms with Crippen molar-refractivity contribution >= 4 is 35.4 Å². The lowest BCUT2D eigenvalue weighted by Gasteiger charge is -2.32. The Morgan fingerprint density at radius 3 is 2.22 bits per heavy atom. The van der Waals surface area contributed by atoms with Gasteiger partial charge in [-0.15, -0.1) is 0 Å². The normalized spacial score (nSPS) is 15.4. The Bertz CT molecular complexity index is 1160. The molecule has 1 fully saturated rings. The van der Waals surface area contributed by atoms with E-state index in [1.807, 2.05) is 0 Å². The van der Waals surface area contributed by atoms with Crippen LogP contribution in [0.1, 0.15) is 36.5 Å². The fraction of sp³-hybridized carbons (Fsp3) is 0.333. The zero-order valence-electron chi connectivity index (χ0n) is 18.9. The van der Waals surface area contributed by atoms with E-state index in [0.29, 0.717) is 55.5 Å². The Morgan fingerprint density at radius 2 is 1.67 bits per heavy atom. The first-order valence-electron chi connectivity index (χ1n) is 10.8. The van der Waals surface area contributed by atoms with Crippen molar-refractivity contribution in [2.24, 2.45) is 0 Å². The third-order valence-electron chi connectivity index (χ3n) is 5.54. The van der Waals surface area contributed by atoms with Gasteiger partial charge < -0.3 is 15.3 Å². The smallest absolute Gasteiger partial charge is 0.418 e. The number of anilines is 1. The molecule has 0 aliphatic carbocycles. The third-order valence-corrected chi connectivity index (χ3v) is 6.59. The highest BCUT2D eigenvalue weighted by Gasteiger charge is 2.46. The van der Waals surface area contributed by atoms with E-state index in [9.17, 15) is 35.9 Å². The SMILES string of the molecule is CC(=O)N1CCC(Nc2cccc(Sc3ccc(C=CC(=O)O)c(C(F)(F)F)c3C(F)(F)F)c2)CC1. The number of hydrogen-bond donors (Lipinski definition) is 2. The van der Waals surface area contributed by atoms with Gasteiger partial charge in [-0.2, -0.15) is 26.3 Å². The summed E-state index contributed by atoms with van der Waals surface area (Å²) in [7, 11) is 0. The summed E-state index contributed by atoms with van der Waals surface area (Å²) < 4.78 is 83.0. The van der Waals surface area contributed by atoms with Gasteiger partial charge in [-0.25, -0.2) is 4.79 Å². The first-order valence-corrected chi connectivity index (χ1v) is 11.6. The largest absolute Gasteiger partial charge is 0.478 e. The second-order valence-electron chi connectivity index (χ2n) is 8.12. The van der Waals surface area contributed by atoms with E-state index in [0.717, 1.165) is 12.1 Å². The number of piperidine rings is 1. The standard InChI is InChI=1S/C24H22F6N2O3S/c1-14(33)32-11-9-16(10-12-32)31-17-3-2-4-18(13-17)36-19-7-5-15(6-8-20(34)35)21(23(25,26)27)22(19)24(28,29)30/h2-8,13,16,31H,9-12H2,1H3,(H,34,35). The molecule has 0 radical (unpaired) electrons. The molecule has 0 saturated carbocycles. The molecule has 36 heavy (non-hydrogen) atoms. The minimum absolute atomic E-state index is 0.0185. The van der Waals surface area contributed by atoms with Crippen molar-refractivity contribution in [3.05, 3.63) is 59.2 Å². The predicted molar refractivity (Wildman–Crippen MR) is 123 cm³/mol. The zero-order chi connectivity index (χ0) is 26.7. The van der Waals surface area contributed by atoms with Crippen LogP contribution in [0.25, 0.3) is 6.08 Å². The van der Waals surface area contributed by atoms with Gasteiger partial charge in [0, 0.05) is 47.6 Å². The number of amides is 1. The molecule has 2 N–H and O–H groups in total. The molecule has 0 spiro atoms. The lowest BCUT2D eigenvalue weighted by molar-refractivity contribution is -0.163. The first-order chi connectivity index (χ1) is 16.8. The second kappa shape index (κ2) is 10.9. The van der Waals surface area contributed by atoms with E-state index >= 15 is 0 Å². The van der Waals surface area contributed by atoms with Crippen molar-refractivity contribution in [3.8, 4) is 0 Å². The molecule has 0 unspecified atom stereocenters. The Balaban J connectivity index is 1.92. The molecule has 0 bridgehead atoms. The number of carbonyl (C=O) groups is 2. The van der Waals surface area contributed by atoms with Crippen LogP contribution in [-0.4, -0.2) is 41.0 Å². The molecule has 3 rings (SSSR count). The molecule has 5 nitrogen and oxygen atoms in total. The molecule has 2 aromatic rings. The van der Waals surface area contributed by atoms with Crippen molar-refractivity contribution < 1.29 is 41.0 Å². The van der Waals surface area contributed by atoms with E-state index < -0.39 is 39.9 Å². The van der Waals surface area contributed by atoms with Gasteiger partial charge in [0.2, 0.25) is 5.91 Å². The summed E-state index contributed by atoms with van der Waals surface area (Å²) in [5.41, 5.74) is -4.12. The number of carbonyl (C=O) groups excluding carboxylic acids is 1. The number of nitrogens with zero attached hydrogens (tertiary/aromatic N) is 1. The van der Waals surface area contributed by atoms with Crippen LogP contribution in [0.2, 0.25) is 0 Å². The fourth-order valence-corrected chi connectivity index (χ4v) is 4.96. The van der Waals surface area contributed by atoms with Crippen LogP contribution in [0.4, 0.5) is 32.0 Å². The van der Waals surface area contributed by atoms with Gasteiger partial charge in [0.1, 0.15) is 0 Å². The van der Waals surface area contributed by atoms with Crippen molar-refractivity contribution in [2.45, 2.75) is 48.0 Å². The summed E-state index contributed by atoms with van der Waals surface area (Å²) in [6.07, 6.45) is -8.52. The maximum absolute atomic E-state index is 13.9. The van der Waals surface area contributed by atoms with E-state index in [1.54, 1.807) is 23.1 Å². The number of nitrogens with one attached hydrogen (secondary N) is 1. The van der Waals surface area contributed by atoms with Gasteiger partial charge in [-0.1, -0.05) is 23.9 Å². The van der Waals surface area contributed by atoms with Crippen LogP contribution in [0.15, 0.2) is 52.3 Å². The zero-order valence-corrected chi connectivity index (χ0v) is 19.7. The Hall–Kier alpha value is -3.15. The highest BCUT2D eigenvalue weighted by Crippen LogP contribution is 2.48. The summed E-state index contributed by atoms with van der Waals surface area (Å²) in [6.45, 7) is 2.63. The first kappa shape index (κ1) is 27.4. The number of likely N-dealkylation sites (tertiary alicyclic amines) is 1. The fourth-order valence-electron chi connectivity index (χ4n) is 3.92. The molecule has 0 aromatic heterocycles. The number of rotatable bonds is 6. The number of halogens is 6. The van der Waals surface area contributed by atoms with Crippen LogP contribution >= 0.6 is 11.8 Å². The van der Waals surface area contributed by atoms with E-state index in [1.165, 1.54) is 13.0 Å². The van der Waals surface area contributed by atoms with Gasteiger partial charge in [0.05, 0.1) is 11.1 Å². The van der Waals surface area contributed by atoms with E-state index in [-0.39, 0.29) is 16.8 Å². The lowest BCUT2D eigenvalue weighted by atomic mass is 9.99. The minimum atomic E-state index is -5.38. The molecule has 1 aliphatic heterocycles. The van der Waals surface area contributed by atoms with Crippen molar-refractivity contribution in [1.82, 2.24) is 4.90 Å². The van der Waals surface area contributed by atoms with Crippen LogP contribution in [0.3, 0.4) is 0 Å². The summed E-state index contributed by atoms with van der Waals surface area (Å²) >= 11 is 0.532. The van der Waals surface area contributed by atoms with Crippen molar-refractivity contribution in [1.29, 1.82) is 0 Å². The van der Waals surface area contributed by atoms with Crippen LogP contribution < -0.4 is 5.32 Å². The predicted octanol–water partition coefficient (Wildman–Crippen LogP) is 6.40. The molecule has 1 aliphatic rings. The minimum Gasteiger partial charge on any atom is -0.478 e. The Morgan fingerprint density at radius 1 is 1.03 bits per heavy atom. The van der Waals surface area contributed by atoms with Gasteiger partial charge in [-0.3, -0.25) is 4.79 Å². The third kappa shape index (κ3) is 6.96. The average molecular weight is 533 g/mol. The quantitative estimate of drug-likeness (QED) is 0.333. The highest BCUT2D eigenvalue weighted by atomic mass is 32.2. The lowest BCUT2D eigenvalue weighted by Crippen LogP contribution is -2.41. The molecule has 194 valence electrons. The maximum Gasteiger partial charge on any atom is 0.418 e. The molecular formula is C24H22F6N2O3S. The van der Waals surface area contributed by atoms with Gasteiger partial charge in [0.25, 0.3) is 0 Å². The van der Waals surface area contributed by atoms with Crippen LogP contribution in [-0.2, 0) is 21.9 Å². The molecule has 1 amide bonds.